The first kappa shape index (κ1) is 14.1. The molecule has 0 radical (unpaired) electrons. The molecule has 0 atom stereocenters. The number of rotatable bonds is 1. The lowest BCUT2D eigenvalue weighted by molar-refractivity contribution is 0.255. The Morgan fingerprint density at radius 1 is 1.29 bits per heavy atom. The van der Waals surface area contributed by atoms with E-state index in [9.17, 15) is 4.79 Å². The summed E-state index contributed by atoms with van der Waals surface area (Å²) >= 11 is 3.46. The van der Waals surface area contributed by atoms with Crippen molar-refractivity contribution < 1.29 is 4.79 Å². The Kier molecular flexibility index (Phi) is 3.71. The fourth-order valence-corrected chi connectivity index (χ4v) is 2.77. The summed E-state index contributed by atoms with van der Waals surface area (Å²) in [5.41, 5.74) is 2.82. The van der Waals surface area contributed by atoms with Crippen molar-refractivity contribution in [2.45, 2.75) is 26.8 Å². The van der Waals surface area contributed by atoms with E-state index in [0.29, 0.717) is 6.54 Å². The number of amides is 2. The third-order valence-electron chi connectivity index (χ3n) is 3.56. The van der Waals surface area contributed by atoms with Crippen molar-refractivity contribution in [3.8, 4) is 0 Å². The van der Waals surface area contributed by atoms with Gasteiger partial charge in [-0.15, -0.1) is 0 Å². The van der Waals surface area contributed by atoms with Crippen molar-refractivity contribution in [1.29, 1.82) is 0 Å². The monoisotopic (exact) mass is 348 g/mol. The molecule has 0 bridgehead atoms. The molecule has 5 nitrogen and oxygen atoms in total. The molecule has 1 aliphatic heterocycles. The molecule has 2 aromatic rings. The number of anilines is 2. The zero-order valence-corrected chi connectivity index (χ0v) is 13.6. The van der Waals surface area contributed by atoms with Crippen LogP contribution in [0.25, 0.3) is 0 Å². The Labute approximate surface area is 132 Å². The largest absolute Gasteiger partial charge is 0.327 e. The van der Waals surface area contributed by atoms with Crippen LogP contribution in [0.3, 0.4) is 0 Å². The summed E-state index contributed by atoms with van der Waals surface area (Å²) in [5, 5.41) is 7.36. The average Bonchev–Trinajstić information content (AvgIpc) is 2.82. The number of aryl methyl sites for hydroxylation is 3. The number of benzene rings is 1. The summed E-state index contributed by atoms with van der Waals surface area (Å²) in [7, 11) is 0. The molecule has 0 aliphatic carbocycles. The highest BCUT2D eigenvalue weighted by Crippen LogP contribution is 2.24. The second kappa shape index (κ2) is 5.52. The molecule has 2 heterocycles. The minimum atomic E-state index is -0.113. The number of fused-ring (bicyclic) bond motifs is 1. The summed E-state index contributed by atoms with van der Waals surface area (Å²) in [6.45, 7) is 5.52. The summed E-state index contributed by atoms with van der Waals surface area (Å²) in [5.74, 6) is 0.866. The number of urea groups is 1. The molecule has 0 fully saturated rings. The van der Waals surface area contributed by atoms with Crippen LogP contribution in [-0.2, 0) is 6.54 Å². The standard InChI is InChI=1S/C15H17BrN4O/c1-10-8-12(4-5-13(10)16)17-15(21)19-6-3-7-20-14(19)9-11(2)18-20/h4-5,8-9H,3,6-7H2,1-2H3,(H,17,21). The second-order valence-corrected chi connectivity index (χ2v) is 6.12. The quantitative estimate of drug-likeness (QED) is 0.853. The van der Waals surface area contributed by atoms with E-state index in [0.717, 1.165) is 40.2 Å². The summed E-state index contributed by atoms with van der Waals surface area (Å²) < 4.78 is 2.93. The van der Waals surface area contributed by atoms with Crippen LogP contribution in [-0.4, -0.2) is 22.4 Å². The third-order valence-corrected chi connectivity index (χ3v) is 4.45. The number of hydrogen-bond donors (Lipinski definition) is 1. The van der Waals surface area contributed by atoms with E-state index in [1.165, 1.54) is 0 Å². The van der Waals surface area contributed by atoms with Gasteiger partial charge >= 0.3 is 6.03 Å². The third kappa shape index (κ3) is 2.81. The second-order valence-electron chi connectivity index (χ2n) is 5.27. The number of halogens is 1. The van der Waals surface area contributed by atoms with Gasteiger partial charge in [-0.3, -0.25) is 4.90 Å². The molecule has 21 heavy (non-hydrogen) atoms. The normalized spacial score (nSPS) is 14.0. The van der Waals surface area contributed by atoms with E-state index in [-0.39, 0.29) is 6.03 Å². The molecule has 6 heteroatoms. The Balaban J connectivity index is 1.81. The van der Waals surface area contributed by atoms with Gasteiger partial charge in [-0.2, -0.15) is 5.10 Å². The lowest BCUT2D eigenvalue weighted by Gasteiger charge is -2.27. The van der Waals surface area contributed by atoms with E-state index in [4.69, 9.17) is 0 Å². The van der Waals surface area contributed by atoms with E-state index < -0.39 is 0 Å². The van der Waals surface area contributed by atoms with Gasteiger partial charge in [-0.05, 0) is 44.0 Å². The zero-order valence-electron chi connectivity index (χ0n) is 12.1. The molecule has 3 rings (SSSR count). The molecule has 0 saturated carbocycles. The molecular weight excluding hydrogens is 332 g/mol. The SMILES string of the molecule is Cc1cc2n(n1)CCCN2C(=O)Nc1ccc(Br)c(C)c1. The van der Waals surface area contributed by atoms with Crippen LogP contribution in [0.1, 0.15) is 17.7 Å². The highest BCUT2D eigenvalue weighted by Gasteiger charge is 2.24. The van der Waals surface area contributed by atoms with E-state index in [1.807, 2.05) is 42.8 Å². The van der Waals surface area contributed by atoms with Gasteiger partial charge in [0.05, 0.1) is 5.69 Å². The van der Waals surface area contributed by atoms with Gasteiger partial charge in [0.1, 0.15) is 5.82 Å². The number of hydrogen-bond acceptors (Lipinski definition) is 2. The topological polar surface area (TPSA) is 50.2 Å². The lowest BCUT2D eigenvalue weighted by atomic mass is 10.2. The Bertz CT molecular complexity index is 695. The fourth-order valence-electron chi connectivity index (χ4n) is 2.53. The van der Waals surface area contributed by atoms with Crippen LogP contribution in [0.4, 0.5) is 16.3 Å². The number of carbonyl (C=O) groups is 1. The lowest BCUT2D eigenvalue weighted by Crippen LogP contribution is -2.40. The molecule has 110 valence electrons. The van der Waals surface area contributed by atoms with Gasteiger partial charge in [-0.25, -0.2) is 9.48 Å². The number of carbonyl (C=O) groups excluding carboxylic acids is 1. The molecule has 0 saturated heterocycles. The van der Waals surface area contributed by atoms with Crippen molar-refractivity contribution in [2.24, 2.45) is 0 Å². The maximum absolute atomic E-state index is 12.5. The molecule has 1 aromatic carbocycles. The van der Waals surface area contributed by atoms with E-state index >= 15 is 0 Å². The minimum Gasteiger partial charge on any atom is -0.307 e. The molecule has 0 unspecified atom stereocenters. The van der Waals surface area contributed by atoms with Crippen molar-refractivity contribution in [3.63, 3.8) is 0 Å². The highest BCUT2D eigenvalue weighted by atomic mass is 79.9. The number of nitrogens with one attached hydrogen (secondary N) is 1. The Morgan fingerprint density at radius 3 is 2.86 bits per heavy atom. The van der Waals surface area contributed by atoms with Gasteiger partial charge in [0.25, 0.3) is 0 Å². The molecule has 1 N–H and O–H groups in total. The first-order chi connectivity index (χ1) is 10.0. The predicted molar refractivity (Wildman–Crippen MR) is 86.8 cm³/mol. The number of aromatic nitrogens is 2. The maximum atomic E-state index is 12.5. The van der Waals surface area contributed by atoms with Gasteiger partial charge < -0.3 is 5.32 Å². The van der Waals surface area contributed by atoms with Gasteiger partial charge in [0.2, 0.25) is 0 Å². The Hall–Kier alpha value is -1.82. The van der Waals surface area contributed by atoms with Crippen molar-refractivity contribution in [2.75, 3.05) is 16.8 Å². The van der Waals surface area contributed by atoms with Crippen LogP contribution in [0.5, 0.6) is 0 Å². The average molecular weight is 349 g/mol. The maximum Gasteiger partial charge on any atom is 0.327 e. The van der Waals surface area contributed by atoms with E-state index in [2.05, 4.69) is 26.3 Å². The minimum absolute atomic E-state index is 0.113. The van der Waals surface area contributed by atoms with Crippen LogP contribution in [0.15, 0.2) is 28.7 Å². The summed E-state index contributed by atoms with van der Waals surface area (Å²) in [4.78, 5) is 14.2. The van der Waals surface area contributed by atoms with Gasteiger partial charge in [0.15, 0.2) is 0 Å². The first-order valence-electron chi connectivity index (χ1n) is 6.94. The van der Waals surface area contributed by atoms with Gasteiger partial charge in [-0.1, -0.05) is 15.9 Å². The van der Waals surface area contributed by atoms with Crippen molar-refractivity contribution >= 4 is 33.5 Å². The van der Waals surface area contributed by atoms with Crippen molar-refractivity contribution in [3.05, 3.63) is 40.0 Å². The molecule has 1 aromatic heterocycles. The van der Waals surface area contributed by atoms with Crippen molar-refractivity contribution in [1.82, 2.24) is 9.78 Å². The number of nitrogens with zero attached hydrogens (tertiary/aromatic N) is 3. The zero-order chi connectivity index (χ0) is 15.0. The van der Waals surface area contributed by atoms with E-state index in [1.54, 1.807) is 4.90 Å². The molecule has 0 spiro atoms. The highest BCUT2D eigenvalue weighted by molar-refractivity contribution is 9.10. The predicted octanol–water partition coefficient (Wildman–Crippen LogP) is 3.70. The summed E-state index contributed by atoms with van der Waals surface area (Å²) in [6, 6.07) is 7.62. The van der Waals surface area contributed by atoms with Crippen LogP contribution in [0, 0.1) is 13.8 Å². The van der Waals surface area contributed by atoms with Crippen LogP contribution >= 0.6 is 15.9 Å². The Morgan fingerprint density at radius 2 is 2.10 bits per heavy atom. The smallest absolute Gasteiger partial charge is 0.307 e. The fraction of sp³-hybridized carbons (Fsp3) is 0.333. The molecule has 2 amide bonds. The van der Waals surface area contributed by atoms with Crippen LogP contribution < -0.4 is 10.2 Å². The molecular formula is C15H17BrN4O. The van der Waals surface area contributed by atoms with Gasteiger partial charge in [0, 0.05) is 29.3 Å². The van der Waals surface area contributed by atoms with Crippen LogP contribution in [0.2, 0.25) is 0 Å². The summed E-state index contributed by atoms with van der Waals surface area (Å²) in [6.07, 6.45) is 0.918. The first-order valence-corrected chi connectivity index (χ1v) is 7.73. The molecule has 1 aliphatic rings.